The second-order valence-corrected chi connectivity index (χ2v) is 5.00. The monoisotopic (exact) mass is 322 g/mol. The zero-order chi connectivity index (χ0) is 15.5. The Labute approximate surface area is 124 Å². The fourth-order valence-electron chi connectivity index (χ4n) is 2.12. The Morgan fingerprint density at radius 2 is 2.19 bits per heavy atom. The lowest BCUT2D eigenvalue weighted by molar-refractivity contribution is -0.137. The van der Waals surface area contributed by atoms with Crippen LogP contribution in [-0.4, -0.2) is 40.4 Å². The Kier molecular flexibility index (Phi) is 4.87. The third-order valence-electron chi connectivity index (χ3n) is 3.13. The molecule has 0 aromatic carbocycles. The number of likely N-dealkylation sites (tertiary alicyclic amines) is 1. The lowest BCUT2D eigenvalue weighted by atomic mass is 10.3. The van der Waals surface area contributed by atoms with Crippen molar-refractivity contribution in [3.8, 4) is 0 Å². The summed E-state index contributed by atoms with van der Waals surface area (Å²) in [6.07, 6.45) is -1.97. The van der Waals surface area contributed by atoms with E-state index in [1.807, 2.05) is 0 Å². The molecule has 0 unspecified atom stereocenters. The van der Waals surface area contributed by atoms with Crippen LogP contribution in [0.2, 0.25) is 5.28 Å². The summed E-state index contributed by atoms with van der Waals surface area (Å²) >= 11 is 5.52. The van der Waals surface area contributed by atoms with E-state index in [2.05, 4.69) is 15.3 Å². The van der Waals surface area contributed by atoms with Gasteiger partial charge in [-0.25, -0.2) is 9.97 Å². The molecule has 0 spiro atoms. The first-order valence-corrected chi connectivity index (χ1v) is 6.87. The van der Waals surface area contributed by atoms with Gasteiger partial charge in [0.2, 0.25) is 11.2 Å². The lowest BCUT2D eigenvalue weighted by Gasteiger charge is -2.16. The van der Waals surface area contributed by atoms with E-state index in [-0.39, 0.29) is 23.6 Å². The van der Waals surface area contributed by atoms with Crippen molar-refractivity contribution in [2.75, 3.05) is 25.0 Å². The Morgan fingerprint density at radius 3 is 2.81 bits per heavy atom. The van der Waals surface area contributed by atoms with E-state index in [1.165, 1.54) is 0 Å². The zero-order valence-corrected chi connectivity index (χ0v) is 11.8. The fourth-order valence-corrected chi connectivity index (χ4v) is 2.25. The van der Waals surface area contributed by atoms with Gasteiger partial charge in [-0.15, -0.1) is 0 Å². The van der Waals surface area contributed by atoms with Crippen LogP contribution >= 0.6 is 11.6 Å². The molecule has 1 N–H and O–H groups in total. The number of hydrogen-bond acceptors (Lipinski definition) is 4. The number of halogens is 4. The number of carbonyl (C=O) groups is 1. The van der Waals surface area contributed by atoms with E-state index in [0.29, 0.717) is 32.1 Å². The highest BCUT2D eigenvalue weighted by molar-refractivity contribution is 6.28. The summed E-state index contributed by atoms with van der Waals surface area (Å²) in [5.41, 5.74) is -0.954. The SMILES string of the molecule is O=C1CCCN1CCCNc1nc(Cl)ncc1C(F)(F)F. The topological polar surface area (TPSA) is 58.1 Å². The summed E-state index contributed by atoms with van der Waals surface area (Å²) in [4.78, 5) is 20.0. The molecule has 0 radical (unpaired) electrons. The average Bonchev–Trinajstić information content (AvgIpc) is 2.79. The van der Waals surface area contributed by atoms with Crippen LogP contribution in [0.25, 0.3) is 0 Å². The maximum Gasteiger partial charge on any atom is 0.421 e. The molecule has 116 valence electrons. The van der Waals surface area contributed by atoms with Crippen molar-refractivity contribution in [2.45, 2.75) is 25.4 Å². The quantitative estimate of drug-likeness (QED) is 0.668. The van der Waals surface area contributed by atoms with Crippen LogP contribution in [0, 0.1) is 0 Å². The summed E-state index contributed by atoms with van der Waals surface area (Å²) in [5, 5.41) is 2.36. The summed E-state index contributed by atoms with van der Waals surface area (Å²) < 4.78 is 38.3. The highest BCUT2D eigenvalue weighted by Gasteiger charge is 2.35. The Bertz CT molecular complexity index is 524. The number of carbonyl (C=O) groups excluding carboxylic acids is 1. The van der Waals surface area contributed by atoms with Crippen LogP contribution in [0.3, 0.4) is 0 Å². The van der Waals surface area contributed by atoms with E-state index in [0.717, 1.165) is 6.42 Å². The summed E-state index contributed by atoms with van der Waals surface area (Å²) in [7, 11) is 0. The molecule has 5 nitrogen and oxygen atoms in total. The van der Waals surface area contributed by atoms with Crippen LogP contribution in [0.5, 0.6) is 0 Å². The van der Waals surface area contributed by atoms with Crippen molar-refractivity contribution in [3.63, 3.8) is 0 Å². The largest absolute Gasteiger partial charge is 0.421 e. The highest BCUT2D eigenvalue weighted by atomic mass is 35.5. The molecule has 1 saturated heterocycles. The van der Waals surface area contributed by atoms with Gasteiger partial charge in [-0.2, -0.15) is 13.2 Å². The van der Waals surface area contributed by atoms with Gasteiger partial charge in [0.25, 0.3) is 0 Å². The maximum atomic E-state index is 12.8. The standard InChI is InChI=1S/C12H14ClF3N4O/c13-11-18-7-8(12(14,15)16)10(19-11)17-4-2-6-20-5-1-3-9(20)21/h7H,1-6H2,(H,17,18,19). The summed E-state index contributed by atoms with van der Waals surface area (Å²) in [6.45, 7) is 1.50. The van der Waals surface area contributed by atoms with Gasteiger partial charge in [-0.1, -0.05) is 0 Å². The van der Waals surface area contributed by atoms with E-state index in [4.69, 9.17) is 11.6 Å². The minimum atomic E-state index is -4.54. The molecule has 0 aliphatic carbocycles. The van der Waals surface area contributed by atoms with Gasteiger partial charge in [0.05, 0.1) is 0 Å². The van der Waals surface area contributed by atoms with Gasteiger partial charge in [0, 0.05) is 32.3 Å². The van der Waals surface area contributed by atoms with Gasteiger partial charge >= 0.3 is 6.18 Å². The average molecular weight is 323 g/mol. The van der Waals surface area contributed by atoms with Crippen molar-refractivity contribution < 1.29 is 18.0 Å². The molecule has 2 heterocycles. The molecule has 0 bridgehead atoms. The van der Waals surface area contributed by atoms with Crippen LogP contribution in [0.4, 0.5) is 19.0 Å². The van der Waals surface area contributed by atoms with Crippen LogP contribution < -0.4 is 5.32 Å². The zero-order valence-electron chi connectivity index (χ0n) is 11.1. The molecule has 2 rings (SSSR count). The number of rotatable bonds is 5. The minimum absolute atomic E-state index is 0.0936. The second kappa shape index (κ2) is 6.46. The number of anilines is 1. The molecule has 0 atom stereocenters. The molecule has 9 heteroatoms. The minimum Gasteiger partial charge on any atom is -0.369 e. The van der Waals surface area contributed by atoms with Gasteiger partial charge < -0.3 is 10.2 Å². The molecular formula is C12H14ClF3N4O. The van der Waals surface area contributed by atoms with Crippen LogP contribution in [0.1, 0.15) is 24.8 Å². The summed E-state index contributed by atoms with van der Waals surface area (Å²) in [5.74, 6) is -0.244. The first kappa shape index (κ1) is 15.8. The van der Waals surface area contributed by atoms with Crippen LogP contribution in [0.15, 0.2) is 6.20 Å². The Morgan fingerprint density at radius 1 is 1.43 bits per heavy atom. The highest BCUT2D eigenvalue weighted by Crippen LogP contribution is 2.33. The van der Waals surface area contributed by atoms with Crippen molar-refractivity contribution >= 4 is 23.3 Å². The molecule has 1 aromatic heterocycles. The third-order valence-corrected chi connectivity index (χ3v) is 3.32. The van der Waals surface area contributed by atoms with E-state index < -0.39 is 11.7 Å². The van der Waals surface area contributed by atoms with E-state index >= 15 is 0 Å². The molecule has 21 heavy (non-hydrogen) atoms. The maximum absolute atomic E-state index is 12.8. The first-order chi connectivity index (χ1) is 9.88. The second-order valence-electron chi connectivity index (χ2n) is 4.66. The number of aromatic nitrogens is 2. The molecule has 0 saturated carbocycles. The van der Waals surface area contributed by atoms with Crippen molar-refractivity contribution in [3.05, 3.63) is 17.0 Å². The predicted molar refractivity (Wildman–Crippen MR) is 71.0 cm³/mol. The normalized spacial score (nSPS) is 15.6. The van der Waals surface area contributed by atoms with Crippen molar-refractivity contribution in [1.82, 2.24) is 14.9 Å². The fraction of sp³-hybridized carbons (Fsp3) is 0.583. The Hall–Kier alpha value is -1.57. The van der Waals surface area contributed by atoms with Gasteiger partial charge in [0.15, 0.2) is 0 Å². The lowest BCUT2D eigenvalue weighted by Crippen LogP contribution is -2.27. The number of hydrogen-bond donors (Lipinski definition) is 1. The van der Waals surface area contributed by atoms with Gasteiger partial charge in [-0.3, -0.25) is 4.79 Å². The smallest absolute Gasteiger partial charge is 0.369 e. The van der Waals surface area contributed by atoms with Gasteiger partial charge in [-0.05, 0) is 24.4 Å². The molecular weight excluding hydrogens is 309 g/mol. The van der Waals surface area contributed by atoms with Crippen molar-refractivity contribution in [1.29, 1.82) is 0 Å². The predicted octanol–water partition coefficient (Wildman–Crippen LogP) is 2.57. The molecule has 1 aliphatic rings. The van der Waals surface area contributed by atoms with E-state index in [9.17, 15) is 18.0 Å². The molecule has 1 aromatic rings. The molecule has 1 fully saturated rings. The van der Waals surface area contributed by atoms with E-state index in [1.54, 1.807) is 4.90 Å². The molecule has 1 aliphatic heterocycles. The molecule has 1 amide bonds. The number of nitrogens with one attached hydrogen (secondary N) is 1. The number of alkyl halides is 3. The number of amides is 1. The van der Waals surface area contributed by atoms with Gasteiger partial charge in [0.1, 0.15) is 11.4 Å². The summed E-state index contributed by atoms with van der Waals surface area (Å²) in [6, 6.07) is 0. The third kappa shape index (κ3) is 4.20. The first-order valence-electron chi connectivity index (χ1n) is 6.49. The Balaban J connectivity index is 1.90. The van der Waals surface area contributed by atoms with Crippen molar-refractivity contribution in [2.24, 2.45) is 0 Å². The van der Waals surface area contributed by atoms with Crippen LogP contribution in [-0.2, 0) is 11.0 Å². The number of nitrogens with zero attached hydrogens (tertiary/aromatic N) is 3.